The van der Waals surface area contributed by atoms with E-state index in [1.807, 2.05) is 6.92 Å². The van der Waals surface area contributed by atoms with E-state index in [1.54, 1.807) is 11.9 Å². The van der Waals surface area contributed by atoms with Crippen LogP contribution < -0.4 is 0 Å². The van der Waals surface area contributed by atoms with Crippen molar-refractivity contribution in [2.75, 3.05) is 23.9 Å². The molecule has 1 heterocycles. The summed E-state index contributed by atoms with van der Waals surface area (Å²) in [6, 6.07) is 0.0980. The molecule has 1 amide bonds. The standard InChI is InChI=1S/C9H16BrNO3S/c1-7(5-10)11(2)9(12)8-3-4-15(13,14)6-8/h7-8H,3-6H2,1-2H3. The number of hydrogen-bond donors (Lipinski definition) is 0. The molecule has 0 aromatic carbocycles. The lowest BCUT2D eigenvalue weighted by Gasteiger charge is -2.25. The summed E-state index contributed by atoms with van der Waals surface area (Å²) in [7, 11) is -1.24. The van der Waals surface area contributed by atoms with Gasteiger partial charge in [-0.2, -0.15) is 0 Å². The van der Waals surface area contributed by atoms with Crippen molar-refractivity contribution >= 4 is 31.7 Å². The van der Waals surface area contributed by atoms with Gasteiger partial charge in [0.2, 0.25) is 5.91 Å². The molecule has 1 rings (SSSR count). The van der Waals surface area contributed by atoms with Crippen LogP contribution >= 0.6 is 15.9 Å². The molecule has 2 unspecified atom stereocenters. The van der Waals surface area contributed by atoms with E-state index in [-0.39, 0.29) is 29.4 Å². The third kappa shape index (κ3) is 3.17. The summed E-state index contributed by atoms with van der Waals surface area (Å²) in [5.41, 5.74) is 0. The predicted octanol–water partition coefficient (Wildman–Crippen LogP) is 0.663. The Morgan fingerprint density at radius 1 is 1.60 bits per heavy atom. The first-order valence-electron chi connectivity index (χ1n) is 4.90. The molecular formula is C9H16BrNO3S. The van der Waals surface area contributed by atoms with Crippen molar-refractivity contribution in [3.63, 3.8) is 0 Å². The largest absolute Gasteiger partial charge is 0.342 e. The summed E-state index contributed by atoms with van der Waals surface area (Å²) >= 11 is 3.30. The van der Waals surface area contributed by atoms with E-state index in [9.17, 15) is 13.2 Å². The van der Waals surface area contributed by atoms with Gasteiger partial charge in [0.05, 0.1) is 17.4 Å². The van der Waals surface area contributed by atoms with Gasteiger partial charge in [-0.05, 0) is 13.3 Å². The number of rotatable bonds is 3. The van der Waals surface area contributed by atoms with Crippen LogP contribution in [0, 0.1) is 5.92 Å². The molecule has 1 saturated heterocycles. The predicted molar refractivity (Wildman–Crippen MR) is 62.8 cm³/mol. The van der Waals surface area contributed by atoms with Crippen molar-refractivity contribution in [3.8, 4) is 0 Å². The number of carbonyl (C=O) groups is 1. The molecule has 0 saturated carbocycles. The van der Waals surface area contributed by atoms with Crippen LogP contribution in [-0.2, 0) is 14.6 Å². The zero-order valence-electron chi connectivity index (χ0n) is 8.94. The van der Waals surface area contributed by atoms with E-state index in [0.29, 0.717) is 11.8 Å². The van der Waals surface area contributed by atoms with E-state index in [1.165, 1.54) is 0 Å². The van der Waals surface area contributed by atoms with Gasteiger partial charge in [0.25, 0.3) is 0 Å². The molecule has 1 aliphatic rings. The molecule has 6 heteroatoms. The first-order valence-corrected chi connectivity index (χ1v) is 7.84. The molecule has 2 atom stereocenters. The summed E-state index contributed by atoms with van der Waals surface area (Å²) < 4.78 is 22.5. The molecule has 88 valence electrons. The molecule has 0 radical (unpaired) electrons. The Balaban J connectivity index is 2.63. The summed E-state index contributed by atoms with van der Waals surface area (Å²) in [5.74, 6) is -0.213. The molecule has 0 aliphatic carbocycles. The average molecular weight is 298 g/mol. The summed E-state index contributed by atoms with van der Waals surface area (Å²) in [6.07, 6.45) is 0.473. The van der Waals surface area contributed by atoms with Gasteiger partial charge in [0, 0.05) is 18.4 Å². The van der Waals surface area contributed by atoms with Gasteiger partial charge in [-0.15, -0.1) is 0 Å². The zero-order chi connectivity index (χ0) is 11.6. The van der Waals surface area contributed by atoms with E-state index in [4.69, 9.17) is 0 Å². The second kappa shape index (κ2) is 4.82. The van der Waals surface area contributed by atoms with E-state index < -0.39 is 9.84 Å². The van der Waals surface area contributed by atoms with Crippen LogP contribution in [0.5, 0.6) is 0 Å². The summed E-state index contributed by atoms with van der Waals surface area (Å²) in [5, 5.41) is 0.703. The van der Waals surface area contributed by atoms with Gasteiger partial charge in [0.1, 0.15) is 0 Å². The van der Waals surface area contributed by atoms with E-state index in [2.05, 4.69) is 15.9 Å². The quantitative estimate of drug-likeness (QED) is 0.719. The third-order valence-corrected chi connectivity index (χ3v) is 5.52. The maximum Gasteiger partial charge on any atom is 0.226 e. The highest BCUT2D eigenvalue weighted by molar-refractivity contribution is 9.09. The van der Waals surface area contributed by atoms with Gasteiger partial charge < -0.3 is 4.90 Å². The monoisotopic (exact) mass is 297 g/mol. The smallest absolute Gasteiger partial charge is 0.226 e. The maximum absolute atomic E-state index is 11.9. The van der Waals surface area contributed by atoms with Crippen molar-refractivity contribution in [2.45, 2.75) is 19.4 Å². The normalized spacial score (nSPS) is 26.2. The minimum atomic E-state index is -2.97. The number of hydrogen-bond acceptors (Lipinski definition) is 3. The van der Waals surface area contributed by atoms with Gasteiger partial charge in [0.15, 0.2) is 9.84 Å². The molecule has 0 bridgehead atoms. The Labute approximate surface area is 99.1 Å². The highest BCUT2D eigenvalue weighted by atomic mass is 79.9. The van der Waals surface area contributed by atoms with Crippen molar-refractivity contribution in [2.24, 2.45) is 5.92 Å². The Morgan fingerprint density at radius 3 is 2.60 bits per heavy atom. The van der Waals surface area contributed by atoms with E-state index in [0.717, 1.165) is 0 Å². The molecule has 4 nitrogen and oxygen atoms in total. The Morgan fingerprint density at radius 2 is 2.20 bits per heavy atom. The average Bonchev–Trinajstić information content (AvgIpc) is 2.55. The van der Waals surface area contributed by atoms with Gasteiger partial charge in [-0.1, -0.05) is 15.9 Å². The molecule has 0 N–H and O–H groups in total. The lowest BCUT2D eigenvalue weighted by molar-refractivity contribution is -0.134. The van der Waals surface area contributed by atoms with Gasteiger partial charge in [-0.3, -0.25) is 4.79 Å². The Bertz CT molecular complexity index is 341. The second-order valence-electron chi connectivity index (χ2n) is 4.05. The van der Waals surface area contributed by atoms with Crippen LogP contribution in [-0.4, -0.2) is 49.2 Å². The van der Waals surface area contributed by atoms with Gasteiger partial charge >= 0.3 is 0 Å². The number of halogens is 1. The van der Waals surface area contributed by atoms with Crippen LogP contribution in [0.4, 0.5) is 0 Å². The number of carbonyl (C=O) groups excluding carboxylic acids is 1. The SMILES string of the molecule is CC(CBr)N(C)C(=O)C1CCS(=O)(=O)C1. The highest BCUT2D eigenvalue weighted by Gasteiger charge is 2.35. The molecule has 15 heavy (non-hydrogen) atoms. The fourth-order valence-corrected chi connectivity index (χ4v) is 3.77. The molecule has 0 aromatic heterocycles. The highest BCUT2D eigenvalue weighted by Crippen LogP contribution is 2.21. The molecule has 1 fully saturated rings. The van der Waals surface area contributed by atoms with Crippen LogP contribution in [0.1, 0.15) is 13.3 Å². The van der Waals surface area contributed by atoms with Crippen LogP contribution in [0.15, 0.2) is 0 Å². The first-order chi connectivity index (χ1) is 6.87. The van der Waals surface area contributed by atoms with Crippen LogP contribution in [0.3, 0.4) is 0 Å². The van der Waals surface area contributed by atoms with Crippen molar-refractivity contribution in [1.29, 1.82) is 0 Å². The Hall–Kier alpha value is -0.100. The fraction of sp³-hybridized carbons (Fsp3) is 0.889. The fourth-order valence-electron chi connectivity index (χ4n) is 1.60. The number of nitrogens with zero attached hydrogens (tertiary/aromatic N) is 1. The minimum absolute atomic E-state index is 0.0190. The third-order valence-electron chi connectivity index (χ3n) is 2.81. The van der Waals surface area contributed by atoms with Crippen LogP contribution in [0.25, 0.3) is 0 Å². The molecular weight excluding hydrogens is 282 g/mol. The topological polar surface area (TPSA) is 54.5 Å². The number of amides is 1. The maximum atomic E-state index is 11.9. The second-order valence-corrected chi connectivity index (χ2v) is 6.93. The Kier molecular flexibility index (Phi) is 4.17. The zero-order valence-corrected chi connectivity index (χ0v) is 11.3. The number of sulfone groups is 1. The van der Waals surface area contributed by atoms with Crippen molar-refractivity contribution in [1.82, 2.24) is 4.90 Å². The van der Waals surface area contributed by atoms with Crippen LogP contribution in [0.2, 0.25) is 0 Å². The van der Waals surface area contributed by atoms with E-state index >= 15 is 0 Å². The summed E-state index contributed by atoms with van der Waals surface area (Å²) in [4.78, 5) is 13.5. The molecule has 0 spiro atoms. The van der Waals surface area contributed by atoms with Crippen molar-refractivity contribution in [3.05, 3.63) is 0 Å². The lowest BCUT2D eigenvalue weighted by Crippen LogP contribution is -2.40. The van der Waals surface area contributed by atoms with Crippen molar-refractivity contribution < 1.29 is 13.2 Å². The molecule has 1 aliphatic heterocycles. The molecule has 0 aromatic rings. The summed E-state index contributed by atoms with van der Waals surface area (Å²) in [6.45, 7) is 1.93. The minimum Gasteiger partial charge on any atom is -0.342 e. The number of alkyl halides is 1. The van der Waals surface area contributed by atoms with Gasteiger partial charge in [-0.25, -0.2) is 8.42 Å². The first kappa shape index (κ1) is 13.0. The lowest BCUT2D eigenvalue weighted by atomic mass is 10.1.